The summed E-state index contributed by atoms with van der Waals surface area (Å²) in [4.78, 5) is 37.4. The average Bonchev–Trinajstić information content (AvgIpc) is 3.51. The monoisotopic (exact) mass is 582 g/mol. The number of hydrogen-bond donors (Lipinski definition) is 5. The maximum atomic E-state index is 10.7. The minimum absolute atomic E-state index is 0.458. The van der Waals surface area contributed by atoms with Crippen molar-refractivity contribution >= 4 is 28.8 Å². The van der Waals surface area contributed by atoms with Gasteiger partial charge in [-0.2, -0.15) is 5.10 Å². The average molecular weight is 583 g/mol. The predicted molar refractivity (Wildman–Crippen MR) is 149 cm³/mol. The van der Waals surface area contributed by atoms with Crippen molar-refractivity contribution in [3.05, 3.63) is 83.7 Å². The largest absolute Gasteiger partial charge is 0.481 e. The van der Waals surface area contributed by atoms with Crippen LogP contribution >= 0.6 is 0 Å². The van der Waals surface area contributed by atoms with E-state index < -0.39 is 42.5 Å². The minimum Gasteiger partial charge on any atom is -0.481 e. The molecule has 1 atom stereocenters. The van der Waals surface area contributed by atoms with E-state index in [2.05, 4.69) is 22.1 Å². The molecule has 3 aromatic heterocycles. The van der Waals surface area contributed by atoms with E-state index in [0.717, 1.165) is 33.7 Å². The first-order chi connectivity index (χ1) is 19.8. The van der Waals surface area contributed by atoms with Gasteiger partial charge in [0, 0.05) is 24.2 Å². The summed E-state index contributed by atoms with van der Waals surface area (Å²) in [6.07, 6.45) is -1.17. The number of aryl methyl sites for hydroxylation is 2. The summed E-state index contributed by atoms with van der Waals surface area (Å²) in [5.74, 6) is -4.15. The van der Waals surface area contributed by atoms with Crippen LogP contribution in [0.5, 0.6) is 0 Å². The summed E-state index contributed by atoms with van der Waals surface area (Å²) in [7, 11) is 0. The Hall–Kier alpha value is -4.59. The molecule has 224 valence electrons. The lowest BCUT2D eigenvalue weighted by Crippen LogP contribution is -2.42. The van der Waals surface area contributed by atoms with Gasteiger partial charge in [0.15, 0.2) is 5.60 Å². The molecule has 0 bridgehead atoms. The van der Waals surface area contributed by atoms with Gasteiger partial charge < -0.3 is 29.9 Å². The first-order valence-corrected chi connectivity index (χ1v) is 13.0. The standard InChI is InChI=1S/C23H26N4O2.C6H8O7/c1-17-12-18(2)27(25-17)15-21(28)14-26(16-22-7-5-11-29-22)13-20-10-9-19-6-3-4-8-23(19)24-20;7-3(8)1-6(13,5(11)12)2-4(9)10/h3-12,21,28H,13-16H2,1-2H3;13H,1-2H2,(H,7,8)(H,9,10)(H,11,12). The van der Waals surface area contributed by atoms with Gasteiger partial charge in [0.05, 0.1) is 55.2 Å². The highest BCUT2D eigenvalue weighted by molar-refractivity contribution is 5.88. The van der Waals surface area contributed by atoms with E-state index >= 15 is 0 Å². The molecule has 3 heterocycles. The van der Waals surface area contributed by atoms with Crippen LogP contribution in [0.2, 0.25) is 0 Å². The maximum absolute atomic E-state index is 10.7. The molecule has 0 fully saturated rings. The molecule has 13 heteroatoms. The first-order valence-electron chi connectivity index (χ1n) is 13.0. The van der Waals surface area contributed by atoms with Gasteiger partial charge in [-0.3, -0.25) is 24.2 Å². The van der Waals surface area contributed by atoms with Gasteiger partial charge in [-0.1, -0.05) is 24.3 Å². The lowest BCUT2D eigenvalue weighted by molar-refractivity contribution is -0.170. The number of carbonyl (C=O) groups is 3. The molecule has 0 aliphatic carbocycles. The molecule has 42 heavy (non-hydrogen) atoms. The minimum atomic E-state index is -2.74. The molecule has 1 unspecified atom stereocenters. The molecule has 4 aromatic rings. The molecule has 0 spiro atoms. The summed E-state index contributed by atoms with van der Waals surface area (Å²) >= 11 is 0. The quantitative estimate of drug-likeness (QED) is 0.154. The number of aromatic nitrogens is 3. The number of aliphatic carboxylic acids is 3. The third-order valence-corrected chi connectivity index (χ3v) is 6.24. The fraction of sp³-hybridized carbons (Fsp3) is 0.345. The van der Waals surface area contributed by atoms with Crippen molar-refractivity contribution in [1.82, 2.24) is 19.7 Å². The zero-order valence-electron chi connectivity index (χ0n) is 23.3. The lowest BCUT2D eigenvalue weighted by atomic mass is 9.96. The van der Waals surface area contributed by atoms with Crippen LogP contribution in [0.15, 0.2) is 65.3 Å². The molecular formula is C29H34N4O9. The van der Waals surface area contributed by atoms with Gasteiger partial charge in [-0.15, -0.1) is 0 Å². The summed E-state index contributed by atoms with van der Waals surface area (Å²) in [5, 5.41) is 50.1. The van der Waals surface area contributed by atoms with Gasteiger partial charge in [0.1, 0.15) is 5.76 Å². The number of rotatable bonds is 13. The number of carboxylic acids is 3. The third kappa shape index (κ3) is 9.51. The molecule has 0 saturated heterocycles. The zero-order chi connectivity index (χ0) is 30.9. The number of benzene rings is 1. The van der Waals surface area contributed by atoms with Crippen molar-refractivity contribution in [2.45, 2.75) is 58.0 Å². The van der Waals surface area contributed by atoms with E-state index in [-0.39, 0.29) is 0 Å². The maximum Gasteiger partial charge on any atom is 0.336 e. The number of fused-ring (bicyclic) bond motifs is 1. The molecule has 0 saturated carbocycles. The van der Waals surface area contributed by atoms with Crippen LogP contribution in [0.4, 0.5) is 0 Å². The number of para-hydroxylation sites is 1. The van der Waals surface area contributed by atoms with Crippen molar-refractivity contribution in [3.8, 4) is 0 Å². The van der Waals surface area contributed by atoms with E-state index in [1.54, 1.807) is 6.26 Å². The Morgan fingerprint density at radius 3 is 2.24 bits per heavy atom. The topological polar surface area (TPSA) is 199 Å². The third-order valence-electron chi connectivity index (χ3n) is 6.24. The molecule has 1 aromatic carbocycles. The number of pyridine rings is 1. The number of aliphatic hydroxyl groups excluding tert-OH is 1. The van der Waals surface area contributed by atoms with Gasteiger partial charge in [-0.05, 0) is 44.2 Å². The Labute approximate surface area is 241 Å². The van der Waals surface area contributed by atoms with E-state index in [1.807, 2.05) is 61.0 Å². The Morgan fingerprint density at radius 1 is 0.976 bits per heavy atom. The molecule has 0 aliphatic heterocycles. The lowest BCUT2D eigenvalue weighted by Gasteiger charge is -2.24. The number of carboxylic acid groups (broad SMARTS) is 3. The van der Waals surface area contributed by atoms with Crippen LogP contribution in [-0.2, 0) is 34.0 Å². The van der Waals surface area contributed by atoms with E-state index in [4.69, 9.17) is 29.8 Å². The van der Waals surface area contributed by atoms with Crippen LogP contribution < -0.4 is 0 Å². The van der Waals surface area contributed by atoms with Crippen LogP contribution in [0, 0.1) is 13.8 Å². The summed E-state index contributed by atoms with van der Waals surface area (Å²) in [6.45, 7) is 6.15. The van der Waals surface area contributed by atoms with Gasteiger partial charge in [0.25, 0.3) is 0 Å². The van der Waals surface area contributed by atoms with Crippen molar-refractivity contribution in [2.75, 3.05) is 6.54 Å². The highest BCUT2D eigenvalue weighted by Crippen LogP contribution is 2.17. The highest BCUT2D eigenvalue weighted by Gasteiger charge is 2.40. The molecule has 0 aliphatic rings. The Morgan fingerprint density at radius 2 is 1.67 bits per heavy atom. The van der Waals surface area contributed by atoms with Crippen molar-refractivity contribution in [3.63, 3.8) is 0 Å². The van der Waals surface area contributed by atoms with Crippen LogP contribution in [0.1, 0.15) is 35.7 Å². The normalized spacial score (nSPS) is 12.1. The fourth-order valence-electron chi connectivity index (χ4n) is 4.36. The smallest absolute Gasteiger partial charge is 0.336 e. The second-order valence-electron chi connectivity index (χ2n) is 9.99. The zero-order valence-corrected chi connectivity index (χ0v) is 23.3. The highest BCUT2D eigenvalue weighted by atomic mass is 16.4. The summed E-state index contributed by atoms with van der Waals surface area (Å²) in [6, 6.07) is 18.1. The number of hydrogen-bond acceptors (Lipinski definition) is 9. The van der Waals surface area contributed by atoms with E-state index in [1.165, 1.54) is 0 Å². The SMILES string of the molecule is Cc1cc(C)n(CC(O)CN(Cc2ccc3ccccc3n2)Cc2ccco2)n1.O=C(O)CC(O)(CC(=O)O)C(=O)O. The fourth-order valence-corrected chi connectivity index (χ4v) is 4.36. The number of aliphatic hydroxyl groups is 2. The molecular weight excluding hydrogens is 548 g/mol. The second kappa shape index (κ2) is 14.3. The van der Waals surface area contributed by atoms with Crippen molar-refractivity contribution < 1.29 is 44.3 Å². The number of nitrogens with zero attached hydrogens (tertiary/aromatic N) is 4. The second-order valence-corrected chi connectivity index (χ2v) is 9.99. The Bertz CT molecular complexity index is 1480. The molecule has 13 nitrogen and oxygen atoms in total. The first kappa shape index (κ1) is 31.9. The van der Waals surface area contributed by atoms with Gasteiger partial charge in [0.2, 0.25) is 0 Å². The van der Waals surface area contributed by atoms with Gasteiger partial charge in [-0.25, -0.2) is 4.79 Å². The molecule has 0 amide bonds. The van der Waals surface area contributed by atoms with Crippen molar-refractivity contribution in [1.29, 1.82) is 0 Å². The van der Waals surface area contributed by atoms with Crippen LogP contribution in [0.25, 0.3) is 10.9 Å². The Balaban J connectivity index is 0.000000316. The van der Waals surface area contributed by atoms with E-state index in [9.17, 15) is 19.5 Å². The predicted octanol–water partition coefficient (Wildman–Crippen LogP) is 2.46. The van der Waals surface area contributed by atoms with Gasteiger partial charge >= 0.3 is 17.9 Å². The van der Waals surface area contributed by atoms with Crippen molar-refractivity contribution in [2.24, 2.45) is 0 Å². The molecule has 5 N–H and O–H groups in total. The summed E-state index contributed by atoms with van der Waals surface area (Å²) in [5.41, 5.74) is 1.22. The number of furan rings is 1. The summed E-state index contributed by atoms with van der Waals surface area (Å²) < 4.78 is 7.39. The van der Waals surface area contributed by atoms with Crippen LogP contribution in [-0.4, -0.2) is 81.4 Å². The van der Waals surface area contributed by atoms with E-state index in [0.29, 0.717) is 26.2 Å². The molecule has 4 rings (SSSR count). The van der Waals surface area contributed by atoms with Crippen LogP contribution in [0.3, 0.4) is 0 Å². The Kier molecular flexibility index (Phi) is 10.9. The molecule has 0 radical (unpaired) electrons.